The van der Waals surface area contributed by atoms with Crippen LogP contribution in [0.4, 0.5) is 0 Å². The molecular weight excluding hydrogens is 502 g/mol. The van der Waals surface area contributed by atoms with E-state index in [1.54, 1.807) is 18.4 Å². The number of rotatable bonds is 7. The van der Waals surface area contributed by atoms with Crippen LogP contribution in [0.2, 0.25) is 5.02 Å². The summed E-state index contributed by atoms with van der Waals surface area (Å²) in [6.45, 7) is 4.52. The van der Waals surface area contributed by atoms with Gasteiger partial charge in [0.25, 0.3) is 0 Å². The van der Waals surface area contributed by atoms with Gasteiger partial charge >= 0.3 is 0 Å². The molecule has 0 spiro atoms. The van der Waals surface area contributed by atoms with Gasteiger partial charge in [0.05, 0.1) is 22.6 Å². The van der Waals surface area contributed by atoms with Gasteiger partial charge in [0.2, 0.25) is 0 Å². The smallest absolute Gasteiger partial charge is 0.154 e. The fraction of sp³-hybridized carbons (Fsp3) is 0.241. The Morgan fingerprint density at radius 2 is 1.68 bits per heavy atom. The summed E-state index contributed by atoms with van der Waals surface area (Å²) in [5.74, 6) is 0. The Bertz CT molecular complexity index is 1460. The molecular formula is C29H28ClN5OS. The molecule has 1 aliphatic heterocycles. The molecule has 0 aliphatic carbocycles. The Kier molecular flexibility index (Phi) is 7.04. The first-order valence-electron chi connectivity index (χ1n) is 12.4. The van der Waals surface area contributed by atoms with E-state index in [2.05, 4.69) is 79.3 Å². The third-order valence-electron chi connectivity index (χ3n) is 6.98. The van der Waals surface area contributed by atoms with Gasteiger partial charge in [-0.2, -0.15) is 0 Å². The van der Waals surface area contributed by atoms with Crippen LogP contribution in [0.3, 0.4) is 0 Å². The molecule has 0 radical (unpaired) electrons. The Balaban J connectivity index is 1.31. The minimum Gasteiger partial charge on any atom is -0.360 e. The number of nitrogens with zero attached hydrogens (tertiary/aromatic N) is 5. The van der Waals surface area contributed by atoms with Gasteiger partial charge in [-0.3, -0.25) is 9.80 Å². The number of halogens is 1. The number of benzene rings is 2. The van der Waals surface area contributed by atoms with Crippen LogP contribution in [0.5, 0.6) is 0 Å². The summed E-state index contributed by atoms with van der Waals surface area (Å²) in [5.41, 5.74) is 9.43. The summed E-state index contributed by atoms with van der Waals surface area (Å²) < 4.78 is 8.06. The monoisotopic (exact) mass is 529 g/mol. The normalized spacial score (nSPS) is 15.8. The topological polar surface area (TPSA) is 45.9 Å². The molecule has 5 aromatic rings. The average Bonchev–Trinajstić information content (AvgIpc) is 3.60. The zero-order chi connectivity index (χ0) is 25.2. The maximum atomic E-state index is 6.20. The maximum Gasteiger partial charge on any atom is 0.154 e. The lowest BCUT2D eigenvalue weighted by Crippen LogP contribution is -2.47. The molecule has 6 rings (SSSR count). The number of thiazole rings is 1. The van der Waals surface area contributed by atoms with Crippen molar-refractivity contribution in [2.24, 2.45) is 0 Å². The second-order valence-corrected chi connectivity index (χ2v) is 10.4. The fourth-order valence-corrected chi connectivity index (χ4v) is 5.74. The SMILES string of the molecule is COC(c1cscn1)N1CCN(Cc2c(-c3ccc(Cl)cc3)nc3ccc(-c4ccccc4)cn23)CC1. The highest BCUT2D eigenvalue weighted by atomic mass is 35.5. The van der Waals surface area contributed by atoms with Crippen molar-refractivity contribution in [3.05, 3.63) is 100 Å². The Morgan fingerprint density at radius 1 is 0.919 bits per heavy atom. The molecule has 188 valence electrons. The van der Waals surface area contributed by atoms with Crippen molar-refractivity contribution in [3.63, 3.8) is 0 Å². The number of ether oxygens (including phenoxy) is 1. The first-order valence-corrected chi connectivity index (χ1v) is 13.7. The van der Waals surface area contributed by atoms with Crippen molar-refractivity contribution >= 4 is 28.6 Å². The second kappa shape index (κ2) is 10.7. The molecule has 4 heterocycles. The number of piperazine rings is 1. The lowest BCUT2D eigenvalue weighted by Gasteiger charge is -2.38. The lowest BCUT2D eigenvalue weighted by atomic mass is 10.1. The van der Waals surface area contributed by atoms with E-state index in [1.807, 2.05) is 23.7 Å². The van der Waals surface area contributed by atoms with Gasteiger partial charge in [0.15, 0.2) is 6.23 Å². The van der Waals surface area contributed by atoms with Gasteiger partial charge in [-0.05, 0) is 35.4 Å². The fourth-order valence-electron chi connectivity index (χ4n) is 5.05. The van der Waals surface area contributed by atoms with Crippen molar-refractivity contribution in [1.29, 1.82) is 0 Å². The molecule has 0 saturated carbocycles. The van der Waals surface area contributed by atoms with Crippen molar-refractivity contribution < 1.29 is 4.74 Å². The third-order valence-corrected chi connectivity index (χ3v) is 7.84. The minimum absolute atomic E-state index is 0.0951. The molecule has 1 atom stereocenters. The number of imidazole rings is 1. The van der Waals surface area contributed by atoms with E-state index in [9.17, 15) is 0 Å². The summed E-state index contributed by atoms with van der Waals surface area (Å²) in [7, 11) is 1.76. The lowest BCUT2D eigenvalue weighted by molar-refractivity contribution is -0.0593. The van der Waals surface area contributed by atoms with Gasteiger partial charge in [-0.25, -0.2) is 9.97 Å². The molecule has 2 aromatic carbocycles. The van der Waals surface area contributed by atoms with E-state index < -0.39 is 0 Å². The van der Waals surface area contributed by atoms with Crippen LogP contribution in [0, 0.1) is 0 Å². The molecule has 6 nitrogen and oxygen atoms in total. The van der Waals surface area contributed by atoms with Crippen molar-refractivity contribution in [3.8, 4) is 22.4 Å². The predicted octanol–water partition coefficient (Wildman–Crippen LogP) is 6.24. The quantitative estimate of drug-likeness (QED) is 0.250. The van der Waals surface area contributed by atoms with Crippen LogP contribution in [-0.2, 0) is 11.3 Å². The van der Waals surface area contributed by atoms with Crippen LogP contribution >= 0.6 is 22.9 Å². The summed E-state index contributed by atoms with van der Waals surface area (Å²) in [6, 6.07) is 22.7. The van der Waals surface area contributed by atoms with E-state index in [0.717, 1.165) is 60.3 Å². The number of hydrogen-bond donors (Lipinski definition) is 0. The van der Waals surface area contributed by atoms with E-state index >= 15 is 0 Å². The number of aromatic nitrogens is 3. The Hall–Kier alpha value is -3.07. The van der Waals surface area contributed by atoms with Crippen molar-refractivity contribution in [2.75, 3.05) is 33.3 Å². The zero-order valence-corrected chi connectivity index (χ0v) is 22.2. The molecule has 1 unspecified atom stereocenters. The Labute approximate surface area is 225 Å². The third kappa shape index (κ3) is 5.06. The molecule has 0 bridgehead atoms. The van der Waals surface area contributed by atoms with Crippen LogP contribution in [0.1, 0.15) is 17.6 Å². The summed E-state index contributed by atoms with van der Waals surface area (Å²) in [5, 5.41) is 2.80. The standard InChI is InChI=1S/C29H28ClN5OS/c1-36-29(25-19-37-20-31-25)34-15-13-33(14-16-34)18-26-28(22-7-10-24(30)11-8-22)32-27-12-9-23(17-35(26)27)21-5-3-2-4-6-21/h2-12,17,19-20,29H,13-16,18H2,1H3. The van der Waals surface area contributed by atoms with E-state index in [0.29, 0.717) is 0 Å². The Morgan fingerprint density at radius 3 is 2.38 bits per heavy atom. The van der Waals surface area contributed by atoms with E-state index in [1.165, 1.54) is 16.8 Å². The van der Waals surface area contributed by atoms with Crippen LogP contribution in [0.15, 0.2) is 83.8 Å². The highest BCUT2D eigenvalue weighted by molar-refractivity contribution is 7.07. The molecule has 1 saturated heterocycles. The van der Waals surface area contributed by atoms with E-state index in [-0.39, 0.29) is 6.23 Å². The average molecular weight is 530 g/mol. The van der Waals surface area contributed by atoms with Crippen molar-refractivity contribution in [1.82, 2.24) is 24.2 Å². The second-order valence-electron chi connectivity index (χ2n) is 9.24. The first-order chi connectivity index (χ1) is 18.2. The maximum absolute atomic E-state index is 6.20. The summed E-state index contributed by atoms with van der Waals surface area (Å²) in [6.07, 6.45) is 2.12. The highest BCUT2D eigenvalue weighted by Crippen LogP contribution is 2.30. The first kappa shape index (κ1) is 24.3. The van der Waals surface area contributed by atoms with E-state index in [4.69, 9.17) is 21.3 Å². The van der Waals surface area contributed by atoms with Gasteiger partial charge in [0, 0.05) is 62.0 Å². The largest absolute Gasteiger partial charge is 0.360 e. The molecule has 1 aliphatic rings. The molecule has 1 fully saturated rings. The molecule has 0 N–H and O–H groups in total. The molecule has 37 heavy (non-hydrogen) atoms. The van der Waals surface area contributed by atoms with Gasteiger partial charge in [-0.1, -0.05) is 54.1 Å². The number of pyridine rings is 1. The number of fused-ring (bicyclic) bond motifs is 1. The number of methoxy groups -OCH3 is 1. The summed E-state index contributed by atoms with van der Waals surface area (Å²) >= 11 is 7.80. The predicted molar refractivity (Wildman–Crippen MR) is 150 cm³/mol. The van der Waals surface area contributed by atoms with Crippen LogP contribution in [-0.4, -0.2) is 57.5 Å². The summed E-state index contributed by atoms with van der Waals surface area (Å²) in [4.78, 5) is 14.4. The molecule has 8 heteroatoms. The highest BCUT2D eigenvalue weighted by Gasteiger charge is 2.27. The minimum atomic E-state index is -0.0951. The van der Waals surface area contributed by atoms with Gasteiger partial charge < -0.3 is 9.14 Å². The van der Waals surface area contributed by atoms with Gasteiger partial charge in [-0.15, -0.1) is 11.3 Å². The van der Waals surface area contributed by atoms with Crippen molar-refractivity contribution in [2.45, 2.75) is 12.8 Å². The molecule has 0 amide bonds. The zero-order valence-electron chi connectivity index (χ0n) is 20.6. The van der Waals surface area contributed by atoms with Crippen LogP contribution in [0.25, 0.3) is 28.0 Å². The van der Waals surface area contributed by atoms with Gasteiger partial charge in [0.1, 0.15) is 5.65 Å². The molecule has 3 aromatic heterocycles. The van der Waals surface area contributed by atoms with Crippen LogP contribution < -0.4 is 0 Å². The number of hydrogen-bond acceptors (Lipinski definition) is 6.